The van der Waals surface area contributed by atoms with Crippen LogP contribution in [0.15, 0.2) is 46.9 Å². The molecule has 3 aromatic rings. The summed E-state index contributed by atoms with van der Waals surface area (Å²) in [6.07, 6.45) is -4.82. The summed E-state index contributed by atoms with van der Waals surface area (Å²) in [6.45, 7) is 1.34. The van der Waals surface area contributed by atoms with Gasteiger partial charge in [-0.1, -0.05) is 18.2 Å². The molecule has 0 aliphatic heterocycles. The van der Waals surface area contributed by atoms with Gasteiger partial charge in [-0.15, -0.1) is 13.2 Å². The lowest BCUT2D eigenvalue weighted by atomic mass is 10.00. The van der Waals surface area contributed by atoms with Gasteiger partial charge in [0.05, 0.1) is 7.11 Å². The highest BCUT2D eigenvalue weighted by molar-refractivity contribution is 6.03. The van der Waals surface area contributed by atoms with E-state index in [0.29, 0.717) is 16.7 Å². The number of fused-ring (bicyclic) bond motifs is 1. The number of alkyl halides is 3. The largest absolute Gasteiger partial charge is 0.573 e. The molecule has 0 N–H and O–H groups in total. The number of carbonyl (C=O) groups excluding carboxylic acids is 1. The number of methoxy groups -OCH3 is 1. The lowest BCUT2D eigenvalue weighted by Gasteiger charge is -2.14. The minimum absolute atomic E-state index is 0.0926. The van der Waals surface area contributed by atoms with Crippen LogP contribution in [0.1, 0.15) is 17.5 Å². The second kappa shape index (κ2) is 6.16. The third kappa shape index (κ3) is 3.31. The number of hydrogen-bond donors (Lipinski definition) is 0. The van der Waals surface area contributed by atoms with Crippen molar-refractivity contribution in [3.05, 3.63) is 48.2 Å². The molecule has 0 amide bonds. The van der Waals surface area contributed by atoms with E-state index in [0.717, 1.165) is 0 Å². The number of hydrogen-bond acceptors (Lipinski definition) is 4. The average Bonchev–Trinajstić information content (AvgIpc) is 2.99. The highest BCUT2D eigenvalue weighted by Gasteiger charge is 2.32. The van der Waals surface area contributed by atoms with Crippen LogP contribution in [0.3, 0.4) is 0 Å². The third-order valence-electron chi connectivity index (χ3n) is 3.62. The van der Waals surface area contributed by atoms with Gasteiger partial charge in [0.25, 0.3) is 0 Å². The van der Waals surface area contributed by atoms with Gasteiger partial charge in [0.15, 0.2) is 22.9 Å². The van der Waals surface area contributed by atoms with E-state index in [1.807, 2.05) is 0 Å². The molecule has 0 aliphatic rings. The molecule has 0 aliphatic carbocycles. The molecule has 0 spiro atoms. The van der Waals surface area contributed by atoms with Crippen molar-refractivity contribution in [2.24, 2.45) is 0 Å². The van der Waals surface area contributed by atoms with Crippen molar-refractivity contribution in [1.29, 1.82) is 0 Å². The maximum absolute atomic E-state index is 12.7. The van der Waals surface area contributed by atoms with Crippen molar-refractivity contribution in [2.45, 2.75) is 13.3 Å². The highest BCUT2D eigenvalue weighted by Crippen LogP contribution is 2.41. The van der Waals surface area contributed by atoms with Crippen LogP contribution in [-0.4, -0.2) is 19.3 Å². The summed E-state index contributed by atoms with van der Waals surface area (Å²) >= 11 is 0. The van der Waals surface area contributed by atoms with Crippen LogP contribution < -0.4 is 9.47 Å². The normalized spacial score (nSPS) is 11.6. The lowest BCUT2D eigenvalue weighted by Crippen LogP contribution is -2.17. The van der Waals surface area contributed by atoms with Crippen LogP contribution in [-0.2, 0) is 0 Å². The van der Waals surface area contributed by atoms with E-state index in [-0.39, 0.29) is 28.4 Å². The molecule has 130 valence electrons. The molecule has 0 bridgehead atoms. The van der Waals surface area contributed by atoms with Crippen molar-refractivity contribution >= 4 is 16.8 Å². The van der Waals surface area contributed by atoms with Crippen molar-refractivity contribution in [2.75, 3.05) is 7.11 Å². The Morgan fingerprint density at radius 2 is 1.76 bits per heavy atom. The summed E-state index contributed by atoms with van der Waals surface area (Å²) in [6, 6.07) is 10.4. The first-order valence-corrected chi connectivity index (χ1v) is 7.27. The number of para-hydroxylation sites is 1. The molecule has 0 unspecified atom stereocenters. The minimum atomic E-state index is -4.82. The first-order chi connectivity index (χ1) is 11.8. The zero-order valence-corrected chi connectivity index (χ0v) is 13.3. The Labute approximate surface area is 140 Å². The average molecular weight is 350 g/mol. The quantitative estimate of drug-likeness (QED) is 0.606. The number of benzene rings is 2. The molecule has 0 saturated carbocycles. The smallest absolute Gasteiger partial charge is 0.493 e. The van der Waals surface area contributed by atoms with E-state index < -0.39 is 6.36 Å². The Bertz CT molecular complexity index is 941. The molecule has 7 heteroatoms. The lowest BCUT2D eigenvalue weighted by molar-refractivity contribution is -0.274. The minimum Gasteiger partial charge on any atom is -0.493 e. The Balaban J connectivity index is 2.25. The fraction of sp³-hybridized carbons (Fsp3) is 0.167. The number of rotatable bonds is 4. The van der Waals surface area contributed by atoms with Gasteiger partial charge in [0, 0.05) is 17.9 Å². The SMILES string of the molecule is COc1ccc(-c2ccccc2OC(F)(F)F)c2cc(C(C)=O)oc12. The maximum Gasteiger partial charge on any atom is 0.573 e. The molecule has 4 nitrogen and oxygen atoms in total. The van der Waals surface area contributed by atoms with Crippen molar-refractivity contribution < 1.29 is 31.9 Å². The summed E-state index contributed by atoms with van der Waals surface area (Å²) in [7, 11) is 1.44. The number of Topliss-reactive ketones (excluding diaryl/α,β-unsaturated/α-hetero) is 1. The van der Waals surface area contributed by atoms with Crippen LogP contribution in [0.2, 0.25) is 0 Å². The zero-order valence-electron chi connectivity index (χ0n) is 13.3. The van der Waals surface area contributed by atoms with Crippen LogP contribution in [0.5, 0.6) is 11.5 Å². The maximum atomic E-state index is 12.7. The van der Waals surface area contributed by atoms with Gasteiger partial charge in [-0.25, -0.2) is 0 Å². The van der Waals surface area contributed by atoms with Crippen LogP contribution in [0, 0.1) is 0 Å². The fourth-order valence-electron chi connectivity index (χ4n) is 2.57. The summed E-state index contributed by atoms with van der Waals surface area (Å²) in [5.74, 6) is -0.175. The van der Waals surface area contributed by atoms with Gasteiger partial charge in [-0.2, -0.15) is 0 Å². The van der Waals surface area contributed by atoms with Crippen LogP contribution >= 0.6 is 0 Å². The number of halogens is 3. The molecular formula is C18H13F3O4. The van der Waals surface area contributed by atoms with E-state index in [1.165, 1.54) is 38.3 Å². The Hall–Kier alpha value is -2.96. The number of carbonyl (C=O) groups is 1. The molecule has 2 aromatic carbocycles. The predicted octanol–water partition coefficient (Wildman–Crippen LogP) is 5.21. The van der Waals surface area contributed by atoms with E-state index in [1.54, 1.807) is 18.2 Å². The van der Waals surface area contributed by atoms with Crippen LogP contribution in [0.25, 0.3) is 22.1 Å². The summed E-state index contributed by atoms with van der Waals surface area (Å²) in [5, 5.41) is 0.461. The second-order valence-corrected chi connectivity index (χ2v) is 5.27. The van der Waals surface area contributed by atoms with Crippen molar-refractivity contribution in [1.82, 2.24) is 0 Å². The zero-order chi connectivity index (χ0) is 18.2. The van der Waals surface area contributed by atoms with E-state index in [4.69, 9.17) is 9.15 Å². The van der Waals surface area contributed by atoms with E-state index in [9.17, 15) is 18.0 Å². The van der Waals surface area contributed by atoms with E-state index >= 15 is 0 Å². The van der Waals surface area contributed by atoms with Gasteiger partial charge in [-0.05, 0) is 29.8 Å². The second-order valence-electron chi connectivity index (χ2n) is 5.27. The van der Waals surface area contributed by atoms with Gasteiger partial charge in [0.2, 0.25) is 0 Å². The predicted molar refractivity (Wildman–Crippen MR) is 84.9 cm³/mol. The summed E-state index contributed by atoms with van der Waals surface area (Å²) in [4.78, 5) is 11.6. The van der Waals surface area contributed by atoms with Gasteiger partial charge in [-0.3, -0.25) is 4.79 Å². The topological polar surface area (TPSA) is 48.7 Å². The number of ether oxygens (including phenoxy) is 2. The van der Waals surface area contributed by atoms with Crippen molar-refractivity contribution in [3.8, 4) is 22.6 Å². The Morgan fingerprint density at radius 1 is 1.04 bits per heavy atom. The number of furan rings is 1. The molecule has 1 aromatic heterocycles. The van der Waals surface area contributed by atoms with Gasteiger partial charge in [0.1, 0.15) is 5.75 Å². The Kier molecular flexibility index (Phi) is 4.16. The molecule has 0 fully saturated rings. The van der Waals surface area contributed by atoms with Gasteiger partial charge >= 0.3 is 6.36 Å². The van der Waals surface area contributed by atoms with Gasteiger partial charge < -0.3 is 13.9 Å². The first-order valence-electron chi connectivity index (χ1n) is 7.27. The molecule has 0 radical (unpaired) electrons. The monoisotopic (exact) mass is 350 g/mol. The highest BCUT2D eigenvalue weighted by atomic mass is 19.4. The molecule has 25 heavy (non-hydrogen) atoms. The standard InChI is InChI=1S/C18H13F3O4/c1-10(22)16-9-13-11(7-8-15(23-2)17(13)24-16)12-5-3-4-6-14(12)25-18(19,20)21/h3-9H,1-2H3. The summed E-state index contributed by atoms with van der Waals surface area (Å²) in [5.41, 5.74) is 0.947. The molecule has 1 heterocycles. The number of ketones is 1. The van der Waals surface area contributed by atoms with E-state index in [2.05, 4.69) is 4.74 Å². The first kappa shape index (κ1) is 16.9. The molecule has 3 rings (SSSR count). The third-order valence-corrected chi connectivity index (χ3v) is 3.62. The summed E-state index contributed by atoms with van der Waals surface area (Å²) < 4.78 is 52.9. The molecular weight excluding hydrogens is 337 g/mol. The molecule has 0 atom stereocenters. The van der Waals surface area contributed by atoms with Crippen LogP contribution in [0.4, 0.5) is 13.2 Å². The Morgan fingerprint density at radius 3 is 2.40 bits per heavy atom. The van der Waals surface area contributed by atoms with Crippen molar-refractivity contribution in [3.63, 3.8) is 0 Å². The molecule has 0 saturated heterocycles. The fourth-order valence-corrected chi connectivity index (χ4v) is 2.57.